The Balaban J connectivity index is 2.05. The van der Waals surface area contributed by atoms with E-state index in [2.05, 4.69) is 38.8 Å². The Bertz CT molecular complexity index is 162. The molecule has 0 aromatic carbocycles. The predicted octanol–water partition coefficient (Wildman–Crippen LogP) is 2.46. The Morgan fingerprint density at radius 1 is 1.40 bits per heavy atom. The van der Waals surface area contributed by atoms with Crippen LogP contribution in [0.2, 0.25) is 0 Å². The van der Waals surface area contributed by atoms with Gasteiger partial charge in [-0.15, -0.1) is 0 Å². The number of ether oxygens (including phenoxy) is 1. The van der Waals surface area contributed by atoms with E-state index in [4.69, 9.17) is 4.74 Å². The maximum atomic E-state index is 5.55. The van der Waals surface area contributed by atoms with Gasteiger partial charge in [-0.3, -0.25) is 0 Å². The lowest BCUT2D eigenvalue weighted by Crippen LogP contribution is -2.30. The Morgan fingerprint density at radius 3 is 2.70 bits per heavy atom. The van der Waals surface area contributed by atoms with Crippen LogP contribution in [-0.4, -0.2) is 21.4 Å². The monoisotopic (exact) mass is 268 g/mol. The van der Waals surface area contributed by atoms with Crippen LogP contribution in [0, 0.1) is 0 Å². The van der Waals surface area contributed by atoms with Gasteiger partial charge in [0.15, 0.2) is 0 Å². The van der Waals surface area contributed by atoms with E-state index >= 15 is 0 Å². The van der Waals surface area contributed by atoms with Crippen molar-refractivity contribution < 1.29 is 4.74 Å². The van der Waals surface area contributed by atoms with Gasteiger partial charge in [-0.2, -0.15) is 0 Å². The van der Waals surface area contributed by atoms with Crippen molar-refractivity contribution in [2.75, 3.05) is 0 Å². The van der Waals surface area contributed by atoms with E-state index in [1.54, 1.807) is 0 Å². The molecule has 3 heteroatoms. The van der Waals surface area contributed by atoms with Gasteiger partial charge in [0.05, 0.1) is 11.7 Å². The minimum absolute atomic E-state index is 0.221. The average molecular weight is 270 g/mol. The molecule has 0 spiro atoms. The highest BCUT2D eigenvalue weighted by Crippen LogP contribution is 2.50. The zero-order valence-corrected chi connectivity index (χ0v) is 8.98. The van der Waals surface area contributed by atoms with Gasteiger partial charge in [0.1, 0.15) is 0 Å². The van der Waals surface area contributed by atoms with Gasteiger partial charge >= 0.3 is 0 Å². The summed E-state index contributed by atoms with van der Waals surface area (Å²) < 4.78 is 5.55. The highest BCUT2D eigenvalue weighted by molar-refractivity contribution is 9.12. The van der Waals surface area contributed by atoms with Gasteiger partial charge in [-0.05, 0) is 19.8 Å². The fraction of sp³-hybridized carbons (Fsp3) is 1.00. The fourth-order valence-corrected chi connectivity index (χ4v) is 3.02. The molecule has 58 valence electrons. The van der Waals surface area contributed by atoms with E-state index in [-0.39, 0.29) is 5.60 Å². The van der Waals surface area contributed by atoms with Crippen molar-refractivity contribution in [3.63, 3.8) is 0 Å². The summed E-state index contributed by atoms with van der Waals surface area (Å²) in [6.07, 6.45) is 2.84. The van der Waals surface area contributed by atoms with Gasteiger partial charge in [0.25, 0.3) is 0 Å². The zero-order valence-electron chi connectivity index (χ0n) is 5.81. The molecule has 1 saturated carbocycles. The summed E-state index contributed by atoms with van der Waals surface area (Å²) in [4.78, 5) is 1.20. The molecule has 1 aliphatic carbocycles. The second kappa shape index (κ2) is 2.20. The average Bonchev–Trinajstić information content (AvgIpc) is 2.41. The lowest BCUT2D eigenvalue weighted by atomic mass is 9.91. The van der Waals surface area contributed by atoms with Crippen LogP contribution in [-0.2, 0) is 4.74 Å². The quantitative estimate of drug-likeness (QED) is 0.486. The van der Waals surface area contributed by atoms with Crippen LogP contribution in [0.25, 0.3) is 0 Å². The summed E-state index contributed by atoms with van der Waals surface area (Å²) in [5, 5.41) is 0. The Hall–Kier alpha value is 0.920. The van der Waals surface area contributed by atoms with Crippen molar-refractivity contribution in [2.45, 2.75) is 41.1 Å². The largest absolute Gasteiger partial charge is 0.366 e. The molecule has 1 heterocycles. The molecule has 0 aromatic heterocycles. The third kappa shape index (κ3) is 1.07. The van der Waals surface area contributed by atoms with Gasteiger partial charge < -0.3 is 4.74 Å². The molecule has 2 rings (SSSR count). The van der Waals surface area contributed by atoms with E-state index in [0.29, 0.717) is 15.8 Å². The number of epoxide rings is 1. The summed E-state index contributed by atoms with van der Waals surface area (Å²) in [6, 6.07) is 0. The first kappa shape index (κ1) is 7.56. The highest BCUT2D eigenvalue weighted by atomic mass is 79.9. The van der Waals surface area contributed by atoms with Crippen molar-refractivity contribution in [2.24, 2.45) is 0 Å². The van der Waals surface area contributed by atoms with Crippen LogP contribution in [0.15, 0.2) is 0 Å². The van der Waals surface area contributed by atoms with Crippen LogP contribution in [0.4, 0.5) is 0 Å². The van der Waals surface area contributed by atoms with Crippen LogP contribution < -0.4 is 0 Å². The minimum atomic E-state index is 0.221. The van der Waals surface area contributed by atoms with Crippen LogP contribution in [0.3, 0.4) is 0 Å². The van der Waals surface area contributed by atoms with E-state index in [1.165, 1.54) is 0 Å². The topological polar surface area (TPSA) is 12.5 Å². The first-order valence-electron chi connectivity index (χ1n) is 3.58. The Labute approximate surface area is 77.8 Å². The normalized spacial score (nSPS) is 59.7. The van der Waals surface area contributed by atoms with Gasteiger partial charge in [-0.1, -0.05) is 31.9 Å². The van der Waals surface area contributed by atoms with Crippen molar-refractivity contribution in [3.05, 3.63) is 0 Å². The molecule has 4 atom stereocenters. The third-order valence-electron chi connectivity index (χ3n) is 2.47. The molecule has 4 unspecified atom stereocenters. The van der Waals surface area contributed by atoms with Crippen molar-refractivity contribution >= 4 is 31.9 Å². The standard InChI is InChI=1S/C7H10Br2O/c1-7-3-5(9)4(8)2-6(7)10-7/h4-6H,2-3H2,1H3. The molecule has 10 heavy (non-hydrogen) atoms. The Morgan fingerprint density at radius 2 is 2.10 bits per heavy atom. The Kier molecular flexibility index (Phi) is 1.67. The van der Waals surface area contributed by atoms with E-state index in [9.17, 15) is 0 Å². The summed E-state index contributed by atoms with van der Waals surface area (Å²) >= 11 is 7.25. The van der Waals surface area contributed by atoms with E-state index in [0.717, 1.165) is 12.8 Å². The number of alkyl halides is 2. The second-order valence-corrected chi connectivity index (χ2v) is 5.74. The molecule has 0 radical (unpaired) electrons. The molecule has 2 fully saturated rings. The smallest absolute Gasteiger partial charge is 0.0931 e. The maximum Gasteiger partial charge on any atom is 0.0931 e. The third-order valence-corrected chi connectivity index (χ3v) is 5.15. The molecule has 2 aliphatic rings. The molecule has 1 saturated heterocycles. The second-order valence-electron chi connectivity index (χ2n) is 3.39. The molecule has 0 N–H and O–H groups in total. The molecule has 0 bridgehead atoms. The first-order chi connectivity index (χ1) is 4.62. The highest BCUT2D eigenvalue weighted by Gasteiger charge is 2.57. The molecular formula is C7H10Br2O. The maximum absolute atomic E-state index is 5.55. The van der Waals surface area contributed by atoms with Crippen molar-refractivity contribution in [1.82, 2.24) is 0 Å². The number of halogens is 2. The summed E-state index contributed by atoms with van der Waals surface area (Å²) in [5.41, 5.74) is 0.221. The van der Waals surface area contributed by atoms with Crippen LogP contribution in [0.1, 0.15) is 19.8 Å². The summed E-state index contributed by atoms with van der Waals surface area (Å²) in [5.74, 6) is 0. The summed E-state index contributed by atoms with van der Waals surface area (Å²) in [7, 11) is 0. The first-order valence-corrected chi connectivity index (χ1v) is 5.41. The molecule has 1 nitrogen and oxygen atoms in total. The zero-order chi connectivity index (χ0) is 7.35. The number of hydrogen-bond acceptors (Lipinski definition) is 1. The predicted molar refractivity (Wildman–Crippen MR) is 47.9 cm³/mol. The van der Waals surface area contributed by atoms with E-state index < -0.39 is 0 Å². The molecular weight excluding hydrogens is 260 g/mol. The number of fused-ring (bicyclic) bond motifs is 1. The number of hydrogen-bond donors (Lipinski definition) is 0. The van der Waals surface area contributed by atoms with Gasteiger partial charge in [-0.25, -0.2) is 0 Å². The lowest BCUT2D eigenvalue weighted by Gasteiger charge is -2.22. The van der Waals surface area contributed by atoms with Crippen LogP contribution >= 0.6 is 31.9 Å². The van der Waals surface area contributed by atoms with E-state index in [1.807, 2.05) is 0 Å². The van der Waals surface area contributed by atoms with Crippen molar-refractivity contribution in [1.29, 1.82) is 0 Å². The molecule has 1 aliphatic heterocycles. The van der Waals surface area contributed by atoms with Gasteiger partial charge in [0.2, 0.25) is 0 Å². The van der Waals surface area contributed by atoms with Gasteiger partial charge in [0, 0.05) is 9.65 Å². The minimum Gasteiger partial charge on any atom is -0.366 e. The molecule has 0 aromatic rings. The van der Waals surface area contributed by atoms with Crippen molar-refractivity contribution in [3.8, 4) is 0 Å². The molecule has 0 amide bonds. The fourth-order valence-electron chi connectivity index (χ4n) is 1.64. The lowest BCUT2D eigenvalue weighted by molar-refractivity contribution is 0.306. The number of rotatable bonds is 0. The van der Waals surface area contributed by atoms with Crippen LogP contribution in [0.5, 0.6) is 0 Å². The summed E-state index contributed by atoms with van der Waals surface area (Å²) in [6.45, 7) is 2.20. The SMILES string of the molecule is CC12CC(Br)C(Br)CC1O2.